The van der Waals surface area contributed by atoms with E-state index in [1.807, 2.05) is 12.1 Å². The minimum Gasteiger partial charge on any atom is -0.424 e. The van der Waals surface area contributed by atoms with Crippen LogP contribution in [0.2, 0.25) is 0 Å². The first kappa shape index (κ1) is 19.9. The van der Waals surface area contributed by atoms with Gasteiger partial charge in [0.15, 0.2) is 5.89 Å². The molecule has 0 N–H and O–H groups in total. The third kappa shape index (κ3) is 4.54. The molecule has 0 atom stereocenters. The second-order valence-electron chi connectivity index (χ2n) is 7.22. The summed E-state index contributed by atoms with van der Waals surface area (Å²) in [5.41, 5.74) is 1.12. The number of anilines is 1. The Hall–Kier alpha value is -1.82. The van der Waals surface area contributed by atoms with E-state index in [1.54, 1.807) is 12.1 Å². The molecule has 148 valence electrons. The summed E-state index contributed by atoms with van der Waals surface area (Å²) in [6.45, 7) is 5.80. The lowest BCUT2D eigenvalue weighted by Gasteiger charge is -2.20. The van der Waals surface area contributed by atoms with E-state index in [4.69, 9.17) is 4.42 Å². The lowest BCUT2D eigenvalue weighted by atomic mass is 10.2. The molecule has 0 unspecified atom stereocenters. The van der Waals surface area contributed by atoms with Gasteiger partial charge in [0.05, 0.1) is 4.90 Å². The van der Waals surface area contributed by atoms with Crippen molar-refractivity contribution in [3.05, 3.63) is 35.7 Å². The molecular weight excluding hydrogens is 360 g/mol. The van der Waals surface area contributed by atoms with Crippen LogP contribution in [-0.4, -0.2) is 26.5 Å². The fourth-order valence-corrected chi connectivity index (χ4v) is 4.78. The molecule has 0 saturated carbocycles. The van der Waals surface area contributed by atoms with Gasteiger partial charge in [-0.05, 0) is 43.4 Å². The van der Waals surface area contributed by atoms with Gasteiger partial charge in [0.2, 0.25) is 20.7 Å². The molecule has 0 spiro atoms. The van der Waals surface area contributed by atoms with Gasteiger partial charge < -0.3 is 9.32 Å². The van der Waals surface area contributed by atoms with Crippen LogP contribution < -0.4 is 4.90 Å². The number of hydrogen-bond donors (Lipinski definition) is 0. The van der Waals surface area contributed by atoms with Crippen molar-refractivity contribution in [1.29, 1.82) is 0 Å². The first-order chi connectivity index (χ1) is 13.1. The standard InChI is InChI=1S/C21H30N2O3S/c1-3-5-10-19-22-20(21(26-19)23-15-8-6-7-9-16-23)27(24,25)18-13-11-17(4-2)12-14-18/h11-14H,3-10,15-16H2,1-2H3. The topological polar surface area (TPSA) is 63.4 Å². The summed E-state index contributed by atoms with van der Waals surface area (Å²) in [5.74, 6) is 0.961. The number of rotatable bonds is 7. The average Bonchev–Trinajstić information content (AvgIpc) is 2.94. The van der Waals surface area contributed by atoms with Gasteiger partial charge >= 0.3 is 0 Å². The molecule has 1 fully saturated rings. The van der Waals surface area contributed by atoms with Crippen molar-refractivity contribution in [2.75, 3.05) is 18.0 Å². The van der Waals surface area contributed by atoms with Crippen molar-refractivity contribution in [3.8, 4) is 0 Å². The van der Waals surface area contributed by atoms with Crippen LogP contribution in [0.1, 0.15) is 63.8 Å². The van der Waals surface area contributed by atoms with E-state index >= 15 is 0 Å². The maximum absolute atomic E-state index is 13.3. The molecule has 1 aliphatic rings. The quantitative estimate of drug-likeness (QED) is 0.680. The number of benzene rings is 1. The molecule has 0 amide bonds. The summed E-state index contributed by atoms with van der Waals surface area (Å²) in [5, 5.41) is 0.0831. The van der Waals surface area contributed by atoms with E-state index in [2.05, 4.69) is 23.7 Å². The minimum absolute atomic E-state index is 0.0831. The zero-order chi connectivity index (χ0) is 19.3. The smallest absolute Gasteiger partial charge is 0.236 e. The average molecular weight is 391 g/mol. The summed E-state index contributed by atoms with van der Waals surface area (Å²) in [7, 11) is -3.71. The summed E-state index contributed by atoms with van der Waals surface area (Å²) < 4.78 is 32.6. The molecule has 1 saturated heterocycles. The van der Waals surface area contributed by atoms with E-state index in [9.17, 15) is 8.42 Å². The lowest BCUT2D eigenvalue weighted by molar-refractivity contribution is 0.476. The van der Waals surface area contributed by atoms with E-state index in [-0.39, 0.29) is 9.92 Å². The highest BCUT2D eigenvalue weighted by Crippen LogP contribution is 2.33. The Morgan fingerprint density at radius 3 is 2.30 bits per heavy atom. The minimum atomic E-state index is -3.71. The van der Waals surface area contributed by atoms with Crippen molar-refractivity contribution in [1.82, 2.24) is 4.98 Å². The molecule has 1 aliphatic heterocycles. The van der Waals surface area contributed by atoms with Crippen LogP contribution >= 0.6 is 0 Å². The molecule has 2 heterocycles. The van der Waals surface area contributed by atoms with Crippen LogP contribution in [0, 0.1) is 0 Å². The number of sulfone groups is 1. The summed E-state index contributed by atoms with van der Waals surface area (Å²) in [6, 6.07) is 7.11. The number of hydrogen-bond acceptors (Lipinski definition) is 5. The second kappa shape index (κ2) is 8.91. The molecular formula is C21H30N2O3S. The highest BCUT2D eigenvalue weighted by atomic mass is 32.2. The van der Waals surface area contributed by atoms with Gasteiger partial charge in [-0.25, -0.2) is 8.42 Å². The zero-order valence-corrected chi connectivity index (χ0v) is 17.2. The van der Waals surface area contributed by atoms with Crippen LogP contribution in [0.4, 0.5) is 5.88 Å². The molecule has 0 aliphatic carbocycles. The molecule has 1 aromatic carbocycles. The van der Waals surface area contributed by atoms with Gasteiger partial charge in [-0.3, -0.25) is 0 Å². The van der Waals surface area contributed by atoms with Crippen molar-refractivity contribution < 1.29 is 12.8 Å². The third-order valence-electron chi connectivity index (χ3n) is 5.16. The van der Waals surface area contributed by atoms with Gasteiger partial charge in [0.1, 0.15) is 0 Å². The Bertz CT molecular complexity index is 833. The number of oxazole rings is 1. The fraction of sp³-hybridized carbons (Fsp3) is 0.571. The van der Waals surface area contributed by atoms with E-state index in [0.29, 0.717) is 18.2 Å². The SMILES string of the molecule is CCCCc1nc(S(=O)(=O)c2ccc(CC)cc2)c(N2CCCCCC2)o1. The molecule has 0 bridgehead atoms. The predicted octanol–water partition coefficient (Wildman–Crippen LogP) is 4.79. The number of nitrogens with zero attached hydrogens (tertiary/aromatic N) is 2. The Kier molecular flexibility index (Phi) is 6.58. The van der Waals surface area contributed by atoms with Crippen molar-refractivity contribution in [2.45, 2.75) is 75.1 Å². The summed E-state index contributed by atoms with van der Waals surface area (Å²) in [4.78, 5) is 6.80. The monoisotopic (exact) mass is 390 g/mol. The summed E-state index contributed by atoms with van der Waals surface area (Å²) in [6.07, 6.45) is 7.95. The predicted molar refractivity (Wildman–Crippen MR) is 107 cm³/mol. The molecule has 27 heavy (non-hydrogen) atoms. The van der Waals surface area contributed by atoms with E-state index in [1.165, 1.54) is 12.8 Å². The first-order valence-electron chi connectivity index (χ1n) is 10.1. The number of unbranched alkanes of at least 4 members (excludes halogenated alkanes) is 1. The number of aryl methyl sites for hydroxylation is 2. The van der Waals surface area contributed by atoms with Crippen molar-refractivity contribution >= 4 is 15.7 Å². The highest BCUT2D eigenvalue weighted by molar-refractivity contribution is 7.91. The lowest BCUT2D eigenvalue weighted by Crippen LogP contribution is -2.25. The van der Waals surface area contributed by atoms with Crippen molar-refractivity contribution in [3.63, 3.8) is 0 Å². The van der Waals surface area contributed by atoms with Crippen LogP contribution in [0.15, 0.2) is 38.6 Å². The molecule has 2 aromatic rings. The second-order valence-corrected chi connectivity index (χ2v) is 9.09. The molecule has 5 nitrogen and oxygen atoms in total. The largest absolute Gasteiger partial charge is 0.424 e. The maximum atomic E-state index is 13.3. The van der Waals surface area contributed by atoms with Gasteiger partial charge in [0, 0.05) is 19.5 Å². The molecule has 0 radical (unpaired) electrons. The van der Waals surface area contributed by atoms with Gasteiger partial charge in [-0.2, -0.15) is 4.98 Å². The van der Waals surface area contributed by atoms with Gasteiger partial charge in [-0.1, -0.05) is 45.2 Å². The third-order valence-corrected chi connectivity index (χ3v) is 6.83. The fourth-order valence-electron chi connectivity index (χ4n) is 3.44. The maximum Gasteiger partial charge on any atom is 0.236 e. The zero-order valence-electron chi connectivity index (χ0n) is 16.4. The van der Waals surface area contributed by atoms with Crippen molar-refractivity contribution in [2.24, 2.45) is 0 Å². The van der Waals surface area contributed by atoms with E-state index in [0.717, 1.165) is 50.8 Å². The highest BCUT2D eigenvalue weighted by Gasteiger charge is 2.31. The van der Waals surface area contributed by atoms with Crippen LogP contribution in [0.3, 0.4) is 0 Å². The molecule has 6 heteroatoms. The summed E-state index contributed by atoms with van der Waals surface area (Å²) >= 11 is 0. The molecule has 3 rings (SSSR count). The first-order valence-corrected chi connectivity index (χ1v) is 11.6. The van der Waals surface area contributed by atoms with Crippen LogP contribution in [0.5, 0.6) is 0 Å². The molecule has 1 aromatic heterocycles. The van der Waals surface area contributed by atoms with Gasteiger partial charge in [0.25, 0.3) is 0 Å². The normalized spacial score (nSPS) is 15.7. The number of aromatic nitrogens is 1. The Morgan fingerprint density at radius 1 is 1.04 bits per heavy atom. The Labute approximate surface area is 162 Å². The van der Waals surface area contributed by atoms with E-state index < -0.39 is 9.84 Å². The Balaban J connectivity index is 2.01. The van der Waals surface area contributed by atoms with Crippen LogP contribution in [-0.2, 0) is 22.7 Å². The van der Waals surface area contributed by atoms with Crippen LogP contribution in [0.25, 0.3) is 0 Å². The van der Waals surface area contributed by atoms with Gasteiger partial charge in [-0.15, -0.1) is 0 Å². The Morgan fingerprint density at radius 2 is 1.70 bits per heavy atom.